The first-order valence-corrected chi connectivity index (χ1v) is 7.87. The number of nitrogens with one attached hydrogen (secondary N) is 1. The smallest absolute Gasteiger partial charge is 0.228 e. The average Bonchev–Trinajstić information content (AvgIpc) is 3.15. The lowest BCUT2D eigenvalue weighted by molar-refractivity contribution is -0.120. The molecule has 3 rings (SSSR count). The van der Waals surface area contributed by atoms with E-state index in [0.29, 0.717) is 17.4 Å². The summed E-state index contributed by atoms with van der Waals surface area (Å²) in [7, 11) is 0. The Morgan fingerprint density at radius 2 is 2.27 bits per heavy atom. The standard InChI is InChI=1S/C16H19ClN4O/c17-12-4-2-5-13(9-12)21-15(7-8-19-21)20-16(22)14-6-1-3-11(14)10-18/h2,4-5,7-9,11,14H,1,3,6,10,18H2,(H,20,22)/t11-,14-/m1/s1. The van der Waals surface area contributed by atoms with Gasteiger partial charge in [-0.15, -0.1) is 0 Å². The van der Waals surface area contributed by atoms with Gasteiger partial charge in [-0.05, 0) is 43.5 Å². The zero-order chi connectivity index (χ0) is 15.5. The van der Waals surface area contributed by atoms with Crippen LogP contribution < -0.4 is 11.1 Å². The second kappa shape index (κ2) is 6.50. The van der Waals surface area contributed by atoms with E-state index in [9.17, 15) is 4.79 Å². The maximum atomic E-state index is 12.5. The van der Waals surface area contributed by atoms with Gasteiger partial charge in [0.25, 0.3) is 0 Å². The lowest BCUT2D eigenvalue weighted by Crippen LogP contribution is -2.30. The number of nitrogens with two attached hydrogens (primary N) is 1. The number of benzene rings is 1. The number of halogens is 1. The van der Waals surface area contributed by atoms with Gasteiger partial charge < -0.3 is 11.1 Å². The van der Waals surface area contributed by atoms with Crippen molar-refractivity contribution in [1.82, 2.24) is 9.78 Å². The molecule has 5 nitrogen and oxygen atoms in total. The quantitative estimate of drug-likeness (QED) is 0.910. The molecule has 1 fully saturated rings. The third kappa shape index (κ3) is 3.00. The molecule has 0 spiro atoms. The van der Waals surface area contributed by atoms with E-state index in [0.717, 1.165) is 24.9 Å². The molecule has 2 aromatic rings. The Kier molecular flexibility index (Phi) is 4.45. The molecule has 1 saturated carbocycles. The summed E-state index contributed by atoms with van der Waals surface area (Å²) in [6.45, 7) is 0.561. The Bertz CT molecular complexity index is 670. The van der Waals surface area contributed by atoms with Gasteiger partial charge in [-0.2, -0.15) is 5.10 Å². The molecule has 1 aliphatic rings. The van der Waals surface area contributed by atoms with Gasteiger partial charge in [-0.1, -0.05) is 24.1 Å². The fourth-order valence-electron chi connectivity index (χ4n) is 3.09. The van der Waals surface area contributed by atoms with Gasteiger partial charge in [0, 0.05) is 17.0 Å². The van der Waals surface area contributed by atoms with E-state index in [2.05, 4.69) is 10.4 Å². The second-order valence-corrected chi connectivity index (χ2v) is 6.07. The minimum Gasteiger partial charge on any atom is -0.330 e. The normalized spacial score (nSPS) is 21.0. The van der Waals surface area contributed by atoms with Crippen LogP contribution in [0.25, 0.3) is 5.69 Å². The first kappa shape index (κ1) is 15.1. The van der Waals surface area contributed by atoms with Crippen LogP contribution in [0.4, 0.5) is 5.82 Å². The summed E-state index contributed by atoms with van der Waals surface area (Å²) in [6.07, 6.45) is 4.65. The summed E-state index contributed by atoms with van der Waals surface area (Å²) < 4.78 is 1.68. The second-order valence-electron chi connectivity index (χ2n) is 5.63. The molecule has 1 amide bonds. The van der Waals surface area contributed by atoms with Crippen molar-refractivity contribution in [3.05, 3.63) is 41.6 Å². The molecule has 0 saturated heterocycles. The first-order chi connectivity index (χ1) is 10.7. The van der Waals surface area contributed by atoms with Gasteiger partial charge in [0.2, 0.25) is 5.91 Å². The van der Waals surface area contributed by atoms with Gasteiger partial charge in [-0.25, -0.2) is 4.68 Å². The SMILES string of the molecule is NC[C@H]1CCC[C@H]1C(=O)Nc1ccnn1-c1cccc(Cl)c1. The van der Waals surface area contributed by atoms with Gasteiger partial charge in [0.15, 0.2) is 0 Å². The molecule has 0 bridgehead atoms. The number of carbonyl (C=O) groups excluding carboxylic acids is 1. The fourth-order valence-corrected chi connectivity index (χ4v) is 3.28. The van der Waals surface area contributed by atoms with Crippen LogP contribution in [0, 0.1) is 11.8 Å². The summed E-state index contributed by atoms with van der Waals surface area (Å²) in [4.78, 5) is 12.5. The molecule has 6 heteroatoms. The van der Waals surface area contributed by atoms with E-state index in [1.807, 2.05) is 18.2 Å². The Balaban J connectivity index is 1.79. The lowest BCUT2D eigenvalue weighted by Gasteiger charge is -2.17. The summed E-state index contributed by atoms with van der Waals surface area (Å²) in [5.41, 5.74) is 6.58. The van der Waals surface area contributed by atoms with Crippen molar-refractivity contribution >= 4 is 23.3 Å². The maximum absolute atomic E-state index is 12.5. The van der Waals surface area contributed by atoms with E-state index in [4.69, 9.17) is 17.3 Å². The van der Waals surface area contributed by atoms with E-state index >= 15 is 0 Å². The highest BCUT2D eigenvalue weighted by molar-refractivity contribution is 6.30. The lowest BCUT2D eigenvalue weighted by atomic mass is 9.95. The van der Waals surface area contributed by atoms with Crippen molar-refractivity contribution in [1.29, 1.82) is 0 Å². The predicted molar refractivity (Wildman–Crippen MR) is 87.1 cm³/mol. The number of amides is 1. The van der Waals surface area contributed by atoms with Crippen LogP contribution in [-0.2, 0) is 4.79 Å². The van der Waals surface area contributed by atoms with Crippen molar-refractivity contribution < 1.29 is 4.79 Å². The van der Waals surface area contributed by atoms with E-state index in [1.165, 1.54) is 0 Å². The summed E-state index contributed by atoms with van der Waals surface area (Å²) >= 11 is 6.02. The van der Waals surface area contributed by atoms with E-state index < -0.39 is 0 Å². The van der Waals surface area contributed by atoms with Crippen molar-refractivity contribution in [2.75, 3.05) is 11.9 Å². The van der Waals surface area contributed by atoms with Crippen LogP contribution in [-0.4, -0.2) is 22.2 Å². The summed E-state index contributed by atoms with van der Waals surface area (Å²) in [6, 6.07) is 9.14. The molecule has 0 aliphatic heterocycles. The van der Waals surface area contributed by atoms with Gasteiger partial charge in [-0.3, -0.25) is 4.79 Å². The highest BCUT2D eigenvalue weighted by Crippen LogP contribution is 2.32. The number of aromatic nitrogens is 2. The zero-order valence-corrected chi connectivity index (χ0v) is 13.0. The van der Waals surface area contributed by atoms with Crippen molar-refractivity contribution in [3.8, 4) is 5.69 Å². The first-order valence-electron chi connectivity index (χ1n) is 7.50. The summed E-state index contributed by atoms with van der Waals surface area (Å²) in [5.74, 6) is 0.946. The molecule has 1 heterocycles. The fraction of sp³-hybridized carbons (Fsp3) is 0.375. The number of hydrogen-bond donors (Lipinski definition) is 2. The maximum Gasteiger partial charge on any atom is 0.228 e. The summed E-state index contributed by atoms with van der Waals surface area (Å²) in [5, 5.41) is 7.87. The Labute approximate surface area is 134 Å². The number of rotatable bonds is 4. The van der Waals surface area contributed by atoms with Gasteiger partial charge in [0.05, 0.1) is 11.9 Å². The molecular formula is C16H19ClN4O. The van der Waals surface area contributed by atoms with Gasteiger partial charge in [0.1, 0.15) is 5.82 Å². The van der Waals surface area contributed by atoms with Crippen LogP contribution in [0.3, 0.4) is 0 Å². The predicted octanol–water partition coefficient (Wildman–Crippen LogP) is 2.84. The molecular weight excluding hydrogens is 300 g/mol. The highest BCUT2D eigenvalue weighted by Gasteiger charge is 2.32. The Hall–Kier alpha value is -1.85. The Morgan fingerprint density at radius 3 is 3.05 bits per heavy atom. The van der Waals surface area contributed by atoms with Crippen molar-refractivity contribution in [3.63, 3.8) is 0 Å². The molecule has 0 radical (unpaired) electrons. The van der Waals surface area contributed by atoms with Crippen LogP contribution in [0.1, 0.15) is 19.3 Å². The van der Waals surface area contributed by atoms with Crippen LogP contribution in [0.2, 0.25) is 5.02 Å². The third-order valence-corrected chi connectivity index (χ3v) is 4.48. The third-order valence-electron chi connectivity index (χ3n) is 4.25. The minimum atomic E-state index is -0.00675. The van der Waals surface area contributed by atoms with E-state index in [1.54, 1.807) is 23.0 Å². The molecule has 0 unspecified atom stereocenters. The molecule has 3 N–H and O–H groups in total. The van der Waals surface area contributed by atoms with Crippen LogP contribution >= 0.6 is 11.6 Å². The molecule has 116 valence electrons. The molecule has 1 aliphatic carbocycles. The molecule has 1 aromatic carbocycles. The largest absolute Gasteiger partial charge is 0.330 e. The van der Waals surface area contributed by atoms with Crippen molar-refractivity contribution in [2.24, 2.45) is 17.6 Å². The monoisotopic (exact) mass is 318 g/mol. The molecule has 1 aromatic heterocycles. The van der Waals surface area contributed by atoms with Gasteiger partial charge >= 0.3 is 0 Å². The number of hydrogen-bond acceptors (Lipinski definition) is 3. The minimum absolute atomic E-state index is 0.00675. The number of anilines is 1. The number of carbonyl (C=O) groups is 1. The molecule has 22 heavy (non-hydrogen) atoms. The van der Waals surface area contributed by atoms with Crippen LogP contribution in [0.15, 0.2) is 36.5 Å². The zero-order valence-electron chi connectivity index (χ0n) is 12.2. The highest BCUT2D eigenvalue weighted by atomic mass is 35.5. The molecule has 2 atom stereocenters. The Morgan fingerprint density at radius 1 is 1.41 bits per heavy atom. The number of nitrogens with zero attached hydrogens (tertiary/aromatic N) is 2. The van der Waals surface area contributed by atoms with Crippen molar-refractivity contribution in [2.45, 2.75) is 19.3 Å². The van der Waals surface area contributed by atoms with E-state index in [-0.39, 0.29) is 17.7 Å². The average molecular weight is 319 g/mol. The topological polar surface area (TPSA) is 72.9 Å². The van der Waals surface area contributed by atoms with Crippen LogP contribution in [0.5, 0.6) is 0 Å².